The maximum atomic E-state index is 9.47. The van der Waals surface area contributed by atoms with Crippen LogP contribution in [0.2, 0.25) is 0 Å². The fourth-order valence-electron chi connectivity index (χ4n) is 5.58. The first-order valence-corrected chi connectivity index (χ1v) is 8.23. The van der Waals surface area contributed by atoms with Crippen LogP contribution in [0.25, 0.3) is 0 Å². The van der Waals surface area contributed by atoms with Crippen LogP contribution in [0.4, 0.5) is 5.82 Å². The summed E-state index contributed by atoms with van der Waals surface area (Å²) in [5, 5.41) is 13.2. The largest absolute Gasteiger partial charge is 0.363 e. The second kappa shape index (κ2) is 4.47. The number of anilines is 1. The lowest BCUT2D eigenvalue weighted by Gasteiger charge is -2.57. The Bertz CT molecular complexity index is 591. The fraction of sp³-hybridized carbons (Fsp3) is 0.667. The summed E-state index contributed by atoms with van der Waals surface area (Å²) < 4.78 is 0. The summed E-state index contributed by atoms with van der Waals surface area (Å²) in [5.74, 6) is 3.54. The van der Waals surface area contributed by atoms with Gasteiger partial charge in [-0.2, -0.15) is 5.26 Å². The number of aryl methyl sites for hydroxylation is 2. The molecule has 4 bridgehead atoms. The quantitative estimate of drug-likeness (QED) is 0.893. The van der Waals surface area contributed by atoms with Crippen LogP contribution in [0.3, 0.4) is 0 Å². The van der Waals surface area contributed by atoms with Crippen LogP contribution in [0.15, 0.2) is 6.07 Å². The monoisotopic (exact) mass is 281 g/mol. The third-order valence-corrected chi connectivity index (χ3v) is 5.88. The van der Waals surface area contributed by atoms with Gasteiger partial charge in [0.15, 0.2) is 0 Å². The molecule has 1 N–H and O–H groups in total. The van der Waals surface area contributed by atoms with Crippen molar-refractivity contribution in [2.24, 2.45) is 17.8 Å². The van der Waals surface area contributed by atoms with E-state index in [1.165, 1.54) is 38.5 Å². The highest BCUT2D eigenvalue weighted by Crippen LogP contribution is 2.56. The summed E-state index contributed by atoms with van der Waals surface area (Å²) in [6, 6.07) is 4.35. The number of rotatable bonds is 2. The molecule has 1 aromatic heterocycles. The van der Waals surface area contributed by atoms with Gasteiger partial charge in [0.2, 0.25) is 0 Å². The molecular weight excluding hydrogens is 258 g/mol. The molecule has 1 aromatic rings. The Hall–Kier alpha value is -1.56. The maximum absolute atomic E-state index is 9.47. The molecule has 3 heteroatoms. The Labute approximate surface area is 126 Å². The van der Waals surface area contributed by atoms with Gasteiger partial charge in [-0.3, -0.25) is 0 Å². The highest BCUT2D eigenvalue weighted by molar-refractivity contribution is 5.58. The third kappa shape index (κ3) is 2.12. The normalized spacial score (nSPS) is 36.5. The standard InChI is InChI=1S/C18H23N3/c1-11-3-12(2)20-17(16(11)10-19)21-18-7-13-4-14(8-18)6-15(5-13)9-18/h3,13-15H,4-9H2,1-2H3,(H,20,21). The summed E-state index contributed by atoms with van der Waals surface area (Å²) in [6.07, 6.45) is 8.14. The van der Waals surface area contributed by atoms with E-state index in [1.54, 1.807) is 0 Å². The van der Waals surface area contributed by atoms with E-state index in [-0.39, 0.29) is 5.54 Å². The van der Waals surface area contributed by atoms with Crippen LogP contribution in [-0.2, 0) is 0 Å². The summed E-state index contributed by atoms with van der Waals surface area (Å²) in [6.45, 7) is 4.02. The second-order valence-corrected chi connectivity index (χ2v) is 7.74. The first-order chi connectivity index (χ1) is 10.1. The molecule has 0 atom stereocenters. The molecular formula is C18H23N3. The predicted octanol–water partition coefficient (Wildman–Crippen LogP) is 3.95. The van der Waals surface area contributed by atoms with E-state index in [1.807, 2.05) is 19.9 Å². The predicted molar refractivity (Wildman–Crippen MR) is 83.0 cm³/mol. The molecule has 0 amide bonds. The van der Waals surface area contributed by atoms with Gasteiger partial charge in [-0.25, -0.2) is 4.98 Å². The number of hydrogen-bond acceptors (Lipinski definition) is 3. The highest BCUT2D eigenvalue weighted by Gasteiger charge is 2.51. The second-order valence-electron chi connectivity index (χ2n) is 7.74. The molecule has 3 nitrogen and oxygen atoms in total. The van der Waals surface area contributed by atoms with E-state index >= 15 is 0 Å². The Morgan fingerprint density at radius 1 is 1.14 bits per heavy atom. The van der Waals surface area contributed by atoms with Crippen molar-refractivity contribution >= 4 is 5.82 Å². The first-order valence-electron chi connectivity index (χ1n) is 8.23. The van der Waals surface area contributed by atoms with E-state index in [2.05, 4.69) is 16.4 Å². The van der Waals surface area contributed by atoms with Crippen molar-refractivity contribution in [2.45, 2.75) is 57.9 Å². The summed E-state index contributed by atoms with van der Waals surface area (Å²) in [5.41, 5.74) is 2.99. The van der Waals surface area contributed by atoms with Gasteiger partial charge in [-0.05, 0) is 81.8 Å². The summed E-state index contributed by atoms with van der Waals surface area (Å²) >= 11 is 0. The number of nitrogens with one attached hydrogen (secondary N) is 1. The Balaban J connectivity index is 1.69. The van der Waals surface area contributed by atoms with Crippen LogP contribution < -0.4 is 5.32 Å². The molecule has 0 radical (unpaired) electrons. The van der Waals surface area contributed by atoms with Gasteiger partial charge in [0.1, 0.15) is 11.9 Å². The molecule has 21 heavy (non-hydrogen) atoms. The average molecular weight is 281 g/mol. The van der Waals surface area contributed by atoms with Crippen LogP contribution in [0, 0.1) is 42.9 Å². The molecule has 110 valence electrons. The molecule has 4 fully saturated rings. The fourth-order valence-corrected chi connectivity index (χ4v) is 5.58. The SMILES string of the molecule is Cc1cc(C)c(C#N)c(NC23CC4CC(CC(C4)C2)C3)n1. The molecule has 4 aliphatic carbocycles. The van der Waals surface area contributed by atoms with Crippen molar-refractivity contribution < 1.29 is 0 Å². The number of hydrogen-bond donors (Lipinski definition) is 1. The minimum atomic E-state index is 0.216. The van der Waals surface area contributed by atoms with Gasteiger partial charge in [0, 0.05) is 11.2 Å². The Morgan fingerprint density at radius 3 is 2.24 bits per heavy atom. The molecule has 4 aliphatic rings. The molecule has 4 saturated carbocycles. The van der Waals surface area contributed by atoms with Crippen molar-refractivity contribution in [1.29, 1.82) is 5.26 Å². The Kier molecular flexibility index (Phi) is 2.79. The minimum Gasteiger partial charge on any atom is -0.363 e. The zero-order chi connectivity index (χ0) is 14.6. The van der Waals surface area contributed by atoms with Gasteiger partial charge < -0.3 is 5.32 Å². The molecule has 5 rings (SSSR count). The van der Waals surface area contributed by atoms with Gasteiger partial charge >= 0.3 is 0 Å². The van der Waals surface area contributed by atoms with Gasteiger partial charge in [-0.1, -0.05) is 0 Å². The Morgan fingerprint density at radius 2 is 1.71 bits per heavy atom. The molecule has 0 saturated heterocycles. The highest BCUT2D eigenvalue weighted by atomic mass is 15.1. The van der Waals surface area contributed by atoms with Crippen molar-refractivity contribution in [3.8, 4) is 6.07 Å². The maximum Gasteiger partial charge on any atom is 0.144 e. The number of aromatic nitrogens is 1. The van der Waals surface area contributed by atoms with E-state index in [0.717, 1.165) is 40.4 Å². The van der Waals surface area contributed by atoms with Crippen LogP contribution in [0.1, 0.15) is 55.3 Å². The molecule has 1 heterocycles. The van der Waals surface area contributed by atoms with Crippen LogP contribution in [0.5, 0.6) is 0 Å². The van der Waals surface area contributed by atoms with E-state index in [0.29, 0.717) is 0 Å². The zero-order valence-corrected chi connectivity index (χ0v) is 12.9. The topological polar surface area (TPSA) is 48.7 Å². The summed E-state index contributed by atoms with van der Waals surface area (Å²) in [4.78, 5) is 4.65. The lowest BCUT2D eigenvalue weighted by molar-refractivity contribution is 0.0105. The third-order valence-electron chi connectivity index (χ3n) is 5.88. The van der Waals surface area contributed by atoms with Crippen molar-refractivity contribution in [1.82, 2.24) is 4.98 Å². The van der Waals surface area contributed by atoms with Crippen molar-refractivity contribution in [3.63, 3.8) is 0 Å². The van der Waals surface area contributed by atoms with Crippen LogP contribution >= 0.6 is 0 Å². The van der Waals surface area contributed by atoms with Gasteiger partial charge in [0.25, 0.3) is 0 Å². The van der Waals surface area contributed by atoms with Crippen LogP contribution in [-0.4, -0.2) is 10.5 Å². The summed E-state index contributed by atoms with van der Waals surface area (Å²) in [7, 11) is 0. The van der Waals surface area contributed by atoms with Gasteiger partial charge in [0.05, 0.1) is 5.56 Å². The van der Waals surface area contributed by atoms with E-state index < -0.39 is 0 Å². The number of nitrogens with zero attached hydrogens (tertiary/aromatic N) is 2. The smallest absolute Gasteiger partial charge is 0.144 e. The minimum absolute atomic E-state index is 0.216. The molecule has 0 aliphatic heterocycles. The first kappa shape index (κ1) is 13.1. The van der Waals surface area contributed by atoms with E-state index in [9.17, 15) is 5.26 Å². The van der Waals surface area contributed by atoms with E-state index in [4.69, 9.17) is 0 Å². The number of nitriles is 1. The number of pyridine rings is 1. The van der Waals surface area contributed by atoms with Crippen molar-refractivity contribution in [3.05, 3.63) is 22.9 Å². The molecule has 0 unspecified atom stereocenters. The lowest BCUT2D eigenvalue weighted by atomic mass is 9.53. The van der Waals surface area contributed by atoms with Crippen molar-refractivity contribution in [2.75, 3.05) is 5.32 Å². The van der Waals surface area contributed by atoms with Gasteiger partial charge in [-0.15, -0.1) is 0 Å². The average Bonchev–Trinajstić information content (AvgIpc) is 2.35. The zero-order valence-electron chi connectivity index (χ0n) is 12.9. The molecule has 0 aromatic carbocycles. The molecule has 0 spiro atoms. The lowest BCUT2D eigenvalue weighted by Crippen LogP contribution is -2.55.